The Labute approximate surface area is 135 Å². The van der Waals surface area contributed by atoms with Crippen molar-refractivity contribution >= 4 is 23.2 Å². The summed E-state index contributed by atoms with van der Waals surface area (Å²) in [4.78, 5) is 25.0. The lowest BCUT2D eigenvalue weighted by molar-refractivity contribution is -0.127. The number of hydrogen-bond donors (Lipinski definition) is 3. The van der Waals surface area contributed by atoms with Gasteiger partial charge in [0.15, 0.2) is 0 Å². The standard InChI is InChI=1S/C16H19N5O2/c1-12(22)20-15-4-2-3-14(9-15)19-11-13(10-17)16(23)21-7-5-18-6-8-21/h2-4,9,11,18-19H,5-8H2,1H3,(H,20,22)/b13-11-. The third kappa shape index (κ3) is 4.83. The number of rotatable bonds is 4. The highest BCUT2D eigenvalue weighted by atomic mass is 16.2. The first-order valence-electron chi connectivity index (χ1n) is 7.34. The van der Waals surface area contributed by atoms with E-state index in [0.29, 0.717) is 24.5 Å². The molecule has 0 bridgehead atoms. The minimum absolute atomic E-state index is 0.0526. The van der Waals surface area contributed by atoms with Crippen molar-refractivity contribution in [3.8, 4) is 6.07 Å². The van der Waals surface area contributed by atoms with Crippen LogP contribution in [0.15, 0.2) is 36.0 Å². The van der Waals surface area contributed by atoms with Crippen LogP contribution < -0.4 is 16.0 Å². The van der Waals surface area contributed by atoms with Crippen LogP contribution in [0.3, 0.4) is 0 Å². The fraction of sp³-hybridized carbons (Fsp3) is 0.312. The highest BCUT2D eigenvalue weighted by Gasteiger charge is 2.19. The highest BCUT2D eigenvalue weighted by Crippen LogP contribution is 2.15. The first-order chi connectivity index (χ1) is 11.1. The van der Waals surface area contributed by atoms with Crippen LogP contribution in [0, 0.1) is 11.3 Å². The third-order valence-electron chi connectivity index (χ3n) is 3.32. The van der Waals surface area contributed by atoms with E-state index in [1.807, 2.05) is 6.07 Å². The molecule has 0 aliphatic carbocycles. The molecule has 3 N–H and O–H groups in total. The molecule has 23 heavy (non-hydrogen) atoms. The number of anilines is 2. The summed E-state index contributed by atoms with van der Waals surface area (Å²) in [5, 5.41) is 18.0. The quantitative estimate of drug-likeness (QED) is 0.567. The van der Waals surface area contributed by atoms with Gasteiger partial charge in [-0.3, -0.25) is 9.59 Å². The summed E-state index contributed by atoms with van der Waals surface area (Å²) in [5.41, 5.74) is 1.37. The number of carbonyl (C=O) groups excluding carboxylic acids is 2. The van der Waals surface area contributed by atoms with Crippen molar-refractivity contribution in [2.45, 2.75) is 6.92 Å². The maximum absolute atomic E-state index is 12.3. The maximum Gasteiger partial charge on any atom is 0.266 e. The van der Waals surface area contributed by atoms with Gasteiger partial charge in [-0.25, -0.2) is 0 Å². The molecular weight excluding hydrogens is 294 g/mol. The molecule has 0 unspecified atom stereocenters. The topological polar surface area (TPSA) is 97.3 Å². The molecule has 1 aromatic rings. The predicted octanol–water partition coefficient (Wildman–Crippen LogP) is 0.896. The fourth-order valence-electron chi connectivity index (χ4n) is 2.23. The molecule has 7 nitrogen and oxygen atoms in total. The molecule has 1 fully saturated rings. The number of benzene rings is 1. The minimum atomic E-state index is -0.278. The molecule has 0 saturated carbocycles. The van der Waals surface area contributed by atoms with E-state index in [2.05, 4.69) is 16.0 Å². The fourth-order valence-corrected chi connectivity index (χ4v) is 2.23. The minimum Gasteiger partial charge on any atom is -0.360 e. The molecule has 0 radical (unpaired) electrons. The normalized spacial score (nSPS) is 14.8. The van der Waals surface area contributed by atoms with E-state index in [9.17, 15) is 14.9 Å². The van der Waals surface area contributed by atoms with Gasteiger partial charge in [-0.15, -0.1) is 0 Å². The molecule has 2 rings (SSSR count). The molecule has 0 spiro atoms. The van der Waals surface area contributed by atoms with Crippen molar-refractivity contribution in [1.29, 1.82) is 5.26 Å². The van der Waals surface area contributed by atoms with Crippen molar-refractivity contribution in [3.63, 3.8) is 0 Å². The smallest absolute Gasteiger partial charge is 0.266 e. The Balaban J connectivity index is 2.05. The lowest BCUT2D eigenvalue weighted by Crippen LogP contribution is -2.46. The molecule has 1 saturated heterocycles. The second-order valence-corrected chi connectivity index (χ2v) is 5.12. The lowest BCUT2D eigenvalue weighted by Gasteiger charge is -2.27. The van der Waals surface area contributed by atoms with Crippen LogP contribution in [0.25, 0.3) is 0 Å². The zero-order valence-electron chi connectivity index (χ0n) is 12.9. The van der Waals surface area contributed by atoms with Crippen molar-refractivity contribution in [1.82, 2.24) is 10.2 Å². The Morgan fingerprint density at radius 3 is 2.65 bits per heavy atom. The monoisotopic (exact) mass is 313 g/mol. The second-order valence-electron chi connectivity index (χ2n) is 5.12. The van der Waals surface area contributed by atoms with Crippen LogP contribution in [0.1, 0.15) is 6.92 Å². The van der Waals surface area contributed by atoms with Gasteiger partial charge in [0.2, 0.25) is 5.91 Å². The van der Waals surface area contributed by atoms with Crippen molar-refractivity contribution in [2.75, 3.05) is 36.8 Å². The summed E-state index contributed by atoms with van der Waals surface area (Å²) in [5.74, 6) is -0.441. The van der Waals surface area contributed by atoms with Gasteiger partial charge in [0.1, 0.15) is 11.6 Å². The lowest BCUT2D eigenvalue weighted by atomic mass is 10.2. The third-order valence-corrected chi connectivity index (χ3v) is 3.32. The summed E-state index contributed by atoms with van der Waals surface area (Å²) >= 11 is 0. The Morgan fingerprint density at radius 1 is 1.30 bits per heavy atom. The Kier molecular flexibility index (Phi) is 5.72. The van der Waals surface area contributed by atoms with Gasteiger partial charge in [-0.05, 0) is 18.2 Å². The number of hydrogen-bond acceptors (Lipinski definition) is 5. The molecular formula is C16H19N5O2. The van der Waals surface area contributed by atoms with Gasteiger partial charge in [0.05, 0.1) is 0 Å². The Morgan fingerprint density at radius 2 is 2.00 bits per heavy atom. The van der Waals surface area contributed by atoms with Crippen LogP contribution in [0.4, 0.5) is 11.4 Å². The number of nitrogens with one attached hydrogen (secondary N) is 3. The van der Waals surface area contributed by atoms with Gasteiger partial charge < -0.3 is 20.9 Å². The highest BCUT2D eigenvalue weighted by molar-refractivity contribution is 5.97. The van der Waals surface area contributed by atoms with Gasteiger partial charge >= 0.3 is 0 Å². The first kappa shape index (κ1) is 16.5. The van der Waals surface area contributed by atoms with E-state index in [0.717, 1.165) is 13.1 Å². The van der Waals surface area contributed by atoms with Gasteiger partial charge in [0.25, 0.3) is 5.91 Å². The molecule has 0 atom stereocenters. The second kappa shape index (κ2) is 7.96. The molecule has 1 heterocycles. The van der Waals surface area contributed by atoms with Gasteiger partial charge in [0, 0.05) is 50.7 Å². The average molecular weight is 313 g/mol. The SMILES string of the molecule is CC(=O)Nc1cccc(N/C=C(/C#N)C(=O)N2CCNCC2)c1. The zero-order valence-corrected chi connectivity index (χ0v) is 12.9. The van der Waals surface area contributed by atoms with E-state index >= 15 is 0 Å². The molecule has 0 aromatic heterocycles. The van der Waals surface area contributed by atoms with Crippen LogP contribution >= 0.6 is 0 Å². The molecule has 1 aromatic carbocycles. The molecule has 2 amide bonds. The van der Waals surface area contributed by atoms with Crippen molar-refractivity contribution in [3.05, 3.63) is 36.0 Å². The van der Waals surface area contributed by atoms with E-state index in [4.69, 9.17) is 0 Å². The van der Waals surface area contributed by atoms with Crippen LogP contribution in [0.2, 0.25) is 0 Å². The Hall–Kier alpha value is -2.85. The van der Waals surface area contributed by atoms with Crippen molar-refractivity contribution in [2.24, 2.45) is 0 Å². The maximum atomic E-state index is 12.3. The summed E-state index contributed by atoms with van der Waals surface area (Å²) in [6.07, 6.45) is 1.40. The van der Waals surface area contributed by atoms with Crippen LogP contribution in [-0.4, -0.2) is 42.9 Å². The molecule has 1 aliphatic rings. The van der Waals surface area contributed by atoms with Gasteiger partial charge in [-0.2, -0.15) is 5.26 Å². The number of nitrogens with zero attached hydrogens (tertiary/aromatic N) is 2. The van der Waals surface area contributed by atoms with Gasteiger partial charge in [-0.1, -0.05) is 6.07 Å². The number of carbonyl (C=O) groups is 2. The van der Waals surface area contributed by atoms with E-state index < -0.39 is 0 Å². The van der Waals surface area contributed by atoms with E-state index in [-0.39, 0.29) is 17.4 Å². The number of piperazine rings is 1. The first-order valence-corrected chi connectivity index (χ1v) is 7.34. The average Bonchev–Trinajstić information content (AvgIpc) is 2.56. The molecule has 7 heteroatoms. The summed E-state index contributed by atoms with van der Waals surface area (Å²) in [6.45, 7) is 4.08. The number of nitriles is 1. The Bertz CT molecular complexity index is 657. The van der Waals surface area contributed by atoms with Crippen molar-refractivity contribution < 1.29 is 9.59 Å². The molecule has 1 aliphatic heterocycles. The van der Waals surface area contributed by atoms with E-state index in [1.54, 1.807) is 29.2 Å². The van der Waals surface area contributed by atoms with E-state index in [1.165, 1.54) is 13.1 Å². The summed E-state index contributed by atoms with van der Waals surface area (Å²) in [7, 11) is 0. The number of amides is 2. The summed E-state index contributed by atoms with van der Waals surface area (Å²) < 4.78 is 0. The van der Waals surface area contributed by atoms with Crippen LogP contribution in [0.5, 0.6) is 0 Å². The molecule has 120 valence electrons. The summed E-state index contributed by atoms with van der Waals surface area (Å²) in [6, 6.07) is 8.97. The largest absolute Gasteiger partial charge is 0.360 e. The predicted molar refractivity (Wildman–Crippen MR) is 87.5 cm³/mol. The zero-order chi connectivity index (χ0) is 16.7. The van der Waals surface area contributed by atoms with Crippen LogP contribution in [-0.2, 0) is 9.59 Å².